The van der Waals surface area contributed by atoms with Gasteiger partial charge in [-0.1, -0.05) is 13.0 Å². The first-order chi connectivity index (χ1) is 17.9. The highest BCUT2D eigenvalue weighted by molar-refractivity contribution is 5.77. The highest BCUT2D eigenvalue weighted by atomic mass is 16.5. The van der Waals surface area contributed by atoms with E-state index in [1.165, 1.54) is 10.9 Å². The van der Waals surface area contributed by atoms with Gasteiger partial charge in [0.1, 0.15) is 12.1 Å². The van der Waals surface area contributed by atoms with E-state index in [9.17, 15) is 14.7 Å². The Hall–Kier alpha value is -3.98. The van der Waals surface area contributed by atoms with E-state index in [4.69, 9.17) is 4.74 Å². The number of aliphatic hydroxyl groups is 1. The quantitative estimate of drug-likeness (QED) is 0.417. The molecule has 1 amide bonds. The minimum atomic E-state index is -1.08. The van der Waals surface area contributed by atoms with Crippen LogP contribution in [0.3, 0.4) is 0 Å². The number of nitrogens with zero attached hydrogens (tertiary/aromatic N) is 5. The molecule has 9 nitrogen and oxygen atoms in total. The number of fused-ring (bicyclic) bond motifs is 1. The van der Waals surface area contributed by atoms with Gasteiger partial charge in [-0.2, -0.15) is 0 Å². The number of ether oxygens (including phenoxy) is 1. The van der Waals surface area contributed by atoms with E-state index in [1.807, 2.05) is 60.2 Å². The van der Waals surface area contributed by atoms with Crippen LogP contribution in [0.2, 0.25) is 0 Å². The molecular formula is C28H31N5O4. The van der Waals surface area contributed by atoms with Crippen molar-refractivity contribution >= 4 is 16.9 Å². The Labute approximate surface area is 215 Å². The fourth-order valence-corrected chi connectivity index (χ4v) is 4.93. The van der Waals surface area contributed by atoms with Crippen molar-refractivity contribution in [2.45, 2.75) is 44.2 Å². The van der Waals surface area contributed by atoms with Crippen LogP contribution in [-0.4, -0.2) is 60.8 Å². The van der Waals surface area contributed by atoms with E-state index in [0.29, 0.717) is 43.4 Å². The Morgan fingerprint density at radius 3 is 2.54 bits per heavy atom. The van der Waals surface area contributed by atoms with Gasteiger partial charge in [0.05, 0.1) is 24.6 Å². The number of hydrogen-bond acceptors (Lipinski definition) is 6. The van der Waals surface area contributed by atoms with Crippen LogP contribution in [-0.2, 0) is 11.3 Å². The normalized spacial score (nSPS) is 16.0. The number of pyridine rings is 1. The monoisotopic (exact) mass is 501 g/mol. The van der Waals surface area contributed by atoms with Crippen molar-refractivity contribution in [2.75, 3.05) is 20.2 Å². The van der Waals surface area contributed by atoms with Gasteiger partial charge in [-0.15, -0.1) is 0 Å². The minimum absolute atomic E-state index is 0.0242. The third kappa shape index (κ3) is 5.13. The van der Waals surface area contributed by atoms with Crippen molar-refractivity contribution in [1.82, 2.24) is 24.0 Å². The third-order valence-electron chi connectivity index (χ3n) is 7.21. The van der Waals surface area contributed by atoms with Crippen LogP contribution in [0.1, 0.15) is 37.8 Å². The van der Waals surface area contributed by atoms with Crippen LogP contribution in [0, 0.1) is 0 Å². The van der Waals surface area contributed by atoms with Crippen LogP contribution in [0.5, 0.6) is 5.75 Å². The molecule has 0 radical (unpaired) electrons. The molecule has 1 unspecified atom stereocenters. The third-order valence-corrected chi connectivity index (χ3v) is 7.21. The van der Waals surface area contributed by atoms with Crippen LogP contribution in [0.25, 0.3) is 16.7 Å². The van der Waals surface area contributed by atoms with Gasteiger partial charge in [-0.25, -0.2) is 4.98 Å². The summed E-state index contributed by atoms with van der Waals surface area (Å²) in [5.74, 6) is 0.829. The summed E-state index contributed by atoms with van der Waals surface area (Å²) in [6.07, 6.45) is 6.22. The molecule has 1 saturated heterocycles. The Balaban J connectivity index is 1.25. The summed E-state index contributed by atoms with van der Waals surface area (Å²) < 4.78 is 8.55. The molecule has 1 aromatic carbocycles. The minimum Gasteiger partial charge on any atom is -0.497 e. The van der Waals surface area contributed by atoms with Crippen molar-refractivity contribution in [3.05, 3.63) is 83.3 Å². The molecule has 0 bridgehead atoms. The standard InChI is InChI=1S/C28H31N5O4/c1-20(24-5-3-4-13-29-24)17-25(34)31-15-11-28(36,12-16-31)18-32-19-30-26-23(27(32)35)10-14-33(26)21-6-8-22(37-2)9-7-21/h3-10,13-14,19-20,36H,11-12,15-18H2,1-2H3. The summed E-state index contributed by atoms with van der Waals surface area (Å²) in [4.78, 5) is 36.8. The van der Waals surface area contributed by atoms with Gasteiger partial charge in [0.15, 0.2) is 5.65 Å². The lowest BCUT2D eigenvalue weighted by molar-refractivity contribution is -0.136. The summed E-state index contributed by atoms with van der Waals surface area (Å²) in [6.45, 7) is 3.03. The average molecular weight is 502 g/mol. The van der Waals surface area contributed by atoms with Gasteiger partial charge >= 0.3 is 0 Å². The summed E-state index contributed by atoms with van der Waals surface area (Å²) in [5, 5.41) is 11.7. The number of carbonyl (C=O) groups excluding carboxylic acids is 1. The second-order valence-corrected chi connectivity index (χ2v) is 9.76. The zero-order chi connectivity index (χ0) is 26.0. The van der Waals surface area contributed by atoms with Gasteiger partial charge in [-0.3, -0.25) is 19.1 Å². The molecular weight excluding hydrogens is 470 g/mol. The topological polar surface area (TPSA) is 102 Å². The molecule has 192 valence electrons. The fraction of sp³-hybridized carbons (Fsp3) is 0.357. The summed E-state index contributed by atoms with van der Waals surface area (Å²) in [5.41, 5.74) is 1.04. The molecule has 1 atom stereocenters. The van der Waals surface area contributed by atoms with Crippen molar-refractivity contribution < 1.29 is 14.6 Å². The van der Waals surface area contributed by atoms with E-state index < -0.39 is 5.60 Å². The highest BCUT2D eigenvalue weighted by Crippen LogP contribution is 2.26. The smallest absolute Gasteiger partial charge is 0.262 e. The average Bonchev–Trinajstić information content (AvgIpc) is 3.36. The molecule has 1 aliphatic heterocycles. The molecule has 1 fully saturated rings. The molecule has 0 spiro atoms. The van der Waals surface area contributed by atoms with Crippen LogP contribution < -0.4 is 10.3 Å². The van der Waals surface area contributed by atoms with Crippen molar-refractivity contribution in [3.63, 3.8) is 0 Å². The van der Waals surface area contributed by atoms with Crippen LogP contribution in [0.15, 0.2) is 72.0 Å². The summed E-state index contributed by atoms with van der Waals surface area (Å²) in [6, 6.07) is 15.0. The number of amides is 1. The number of piperidine rings is 1. The maximum atomic E-state index is 13.2. The Morgan fingerprint density at radius 1 is 1.11 bits per heavy atom. The Kier molecular flexibility index (Phi) is 6.80. The largest absolute Gasteiger partial charge is 0.497 e. The molecule has 0 aliphatic carbocycles. The molecule has 5 rings (SSSR count). The van der Waals surface area contributed by atoms with Crippen molar-refractivity contribution in [3.8, 4) is 11.4 Å². The SMILES string of the molecule is COc1ccc(-n2ccc3c(=O)n(CC4(O)CCN(C(=O)CC(C)c5ccccn5)CC4)cnc32)cc1. The second kappa shape index (κ2) is 10.2. The van der Waals surface area contributed by atoms with Gasteiger partial charge in [-0.05, 0) is 55.3 Å². The zero-order valence-corrected chi connectivity index (χ0v) is 21.1. The van der Waals surface area contributed by atoms with Crippen LogP contribution in [0.4, 0.5) is 0 Å². The van der Waals surface area contributed by atoms with E-state index in [1.54, 1.807) is 24.3 Å². The maximum Gasteiger partial charge on any atom is 0.262 e. The first-order valence-electron chi connectivity index (χ1n) is 12.5. The number of methoxy groups -OCH3 is 1. The number of carbonyl (C=O) groups is 1. The van der Waals surface area contributed by atoms with E-state index in [0.717, 1.165) is 17.1 Å². The highest BCUT2D eigenvalue weighted by Gasteiger charge is 2.35. The number of benzene rings is 1. The second-order valence-electron chi connectivity index (χ2n) is 9.76. The number of likely N-dealkylation sites (tertiary alicyclic amines) is 1. The Morgan fingerprint density at radius 2 is 1.86 bits per heavy atom. The van der Waals surface area contributed by atoms with E-state index >= 15 is 0 Å². The fourth-order valence-electron chi connectivity index (χ4n) is 4.93. The first-order valence-corrected chi connectivity index (χ1v) is 12.5. The molecule has 1 aliphatic rings. The van der Waals surface area contributed by atoms with Crippen molar-refractivity contribution in [1.29, 1.82) is 0 Å². The zero-order valence-electron chi connectivity index (χ0n) is 21.1. The molecule has 4 heterocycles. The maximum absolute atomic E-state index is 13.2. The van der Waals surface area contributed by atoms with E-state index in [-0.39, 0.29) is 23.9 Å². The molecule has 9 heteroatoms. The number of hydrogen-bond donors (Lipinski definition) is 1. The molecule has 4 aromatic rings. The predicted octanol–water partition coefficient (Wildman–Crippen LogP) is 3.14. The summed E-state index contributed by atoms with van der Waals surface area (Å²) in [7, 11) is 1.62. The number of aromatic nitrogens is 4. The summed E-state index contributed by atoms with van der Waals surface area (Å²) >= 11 is 0. The lowest BCUT2D eigenvalue weighted by Gasteiger charge is -2.38. The van der Waals surface area contributed by atoms with Gasteiger partial charge in [0, 0.05) is 49.2 Å². The lowest BCUT2D eigenvalue weighted by Crippen LogP contribution is -2.49. The number of rotatable bonds is 7. The molecule has 1 N–H and O–H groups in total. The van der Waals surface area contributed by atoms with E-state index in [2.05, 4.69) is 9.97 Å². The van der Waals surface area contributed by atoms with Crippen molar-refractivity contribution in [2.24, 2.45) is 0 Å². The predicted molar refractivity (Wildman–Crippen MR) is 140 cm³/mol. The van der Waals surface area contributed by atoms with Gasteiger partial charge < -0.3 is 19.3 Å². The van der Waals surface area contributed by atoms with Crippen LogP contribution >= 0.6 is 0 Å². The molecule has 0 saturated carbocycles. The Bertz CT molecular complexity index is 1440. The molecule has 37 heavy (non-hydrogen) atoms. The lowest BCUT2D eigenvalue weighted by atomic mass is 9.90. The first kappa shape index (κ1) is 24.7. The van der Waals surface area contributed by atoms with Gasteiger partial charge in [0.25, 0.3) is 5.56 Å². The van der Waals surface area contributed by atoms with Gasteiger partial charge in [0.2, 0.25) is 5.91 Å². The molecule has 3 aromatic heterocycles.